The quantitative estimate of drug-likeness (QED) is 0.196. The topological polar surface area (TPSA) is 125 Å². The Morgan fingerprint density at radius 3 is 1.65 bits per heavy atom. The molecule has 0 amide bonds. The van der Waals surface area contributed by atoms with E-state index < -0.39 is 23.5 Å². The van der Waals surface area contributed by atoms with Crippen LogP contribution in [0.15, 0.2) is 0 Å². The summed E-state index contributed by atoms with van der Waals surface area (Å²) in [5.41, 5.74) is 0. The second-order valence-corrected chi connectivity index (χ2v) is 15.9. The van der Waals surface area contributed by atoms with Crippen molar-refractivity contribution < 1.29 is 49.7 Å². The normalized spacial score (nSPS) is 31.8. The summed E-state index contributed by atoms with van der Waals surface area (Å²) in [6, 6.07) is 0. The summed E-state index contributed by atoms with van der Waals surface area (Å²) in [5, 5.41) is 0. The molecule has 4 atom stereocenters. The molecule has 1 heterocycles. The van der Waals surface area contributed by atoms with Crippen LogP contribution < -0.4 is 0 Å². The fraction of sp³-hybridized carbons (Fsp3) is 1.00. The molecule has 3 aliphatic rings. The van der Waals surface area contributed by atoms with Gasteiger partial charge in [0.2, 0.25) is 0 Å². The number of ether oxygens (including phenoxy) is 1. The van der Waals surface area contributed by atoms with Crippen LogP contribution in [0.25, 0.3) is 0 Å². The lowest BCUT2D eigenvalue weighted by molar-refractivity contribution is -0.0558. The number of phosphoric acid groups is 3. The minimum absolute atomic E-state index is 0.0870. The summed E-state index contributed by atoms with van der Waals surface area (Å²) >= 11 is 0. The predicted molar refractivity (Wildman–Crippen MR) is 138 cm³/mol. The molecule has 0 N–H and O–H groups in total. The van der Waals surface area contributed by atoms with Gasteiger partial charge in [0.15, 0.2) is 0 Å². The zero-order valence-corrected chi connectivity index (χ0v) is 25.3. The number of rotatable bonds is 13. The van der Waals surface area contributed by atoms with Crippen LogP contribution in [0.3, 0.4) is 0 Å². The molecule has 2 aliphatic carbocycles. The van der Waals surface area contributed by atoms with Crippen LogP contribution in [0.5, 0.6) is 0 Å². The number of phosphoric ester groups is 2. The Morgan fingerprint density at radius 1 is 0.595 bits per heavy atom. The maximum atomic E-state index is 12.9. The first-order valence-electron chi connectivity index (χ1n) is 13.4. The Morgan fingerprint density at radius 2 is 1.11 bits per heavy atom. The Balaban J connectivity index is 1.45. The van der Waals surface area contributed by atoms with E-state index in [0.29, 0.717) is 5.92 Å². The van der Waals surface area contributed by atoms with Crippen LogP contribution >= 0.6 is 23.5 Å². The Bertz CT molecular complexity index is 817. The second-order valence-electron chi connectivity index (χ2n) is 10.2. The molecule has 1 saturated heterocycles. The van der Waals surface area contributed by atoms with E-state index in [9.17, 15) is 13.7 Å². The summed E-state index contributed by atoms with van der Waals surface area (Å²) in [6.45, 7) is -0.0870. The Labute approximate surface area is 221 Å². The molecular weight excluding hydrogens is 545 g/mol. The highest BCUT2D eigenvalue weighted by Crippen LogP contribution is 2.72. The van der Waals surface area contributed by atoms with Gasteiger partial charge in [-0.25, -0.2) is 13.7 Å². The van der Waals surface area contributed by atoms with Crippen molar-refractivity contribution in [2.45, 2.75) is 95.7 Å². The average molecular weight is 591 g/mol. The van der Waals surface area contributed by atoms with E-state index in [1.165, 1.54) is 70.6 Å². The van der Waals surface area contributed by atoms with E-state index in [-0.39, 0.29) is 18.8 Å². The van der Waals surface area contributed by atoms with Crippen molar-refractivity contribution in [3.8, 4) is 0 Å². The molecule has 0 spiro atoms. The van der Waals surface area contributed by atoms with E-state index in [1.54, 1.807) is 0 Å². The summed E-state index contributed by atoms with van der Waals surface area (Å²) < 4.78 is 77.9. The van der Waals surface area contributed by atoms with Crippen molar-refractivity contribution >= 4 is 23.5 Å². The van der Waals surface area contributed by atoms with Crippen molar-refractivity contribution in [3.63, 3.8) is 0 Å². The van der Waals surface area contributed by atoms with Crippen molar-refractivity contribution in [1.29, 1.82) is 0 Å². The molecule has 1 aliphatic heterocycles. The van der Waals surface area contributed by atoms with E-state index in [4.69, 9.17) is 22.4 Å². The minimum Gasteiger partial charge on any atom is -0.372 e. The predicted octanol–water partition coefficient (Wildman–Crippen LogP) is 7.66. The van der Waals surface area contributed by atoms with Gasteiger partial charge in [0, 0.05) is 28.4 Å². The van der Waals surface area contributed by atoms with Gasteiger partial charge in [0.05, 0.1) is 18.8 Å². The molecule has 2 saturated carbocycles. The molecule has 3 fully saturated rings. The maximum Gasteiger partial charge on any atom is 0.492 e. The van der Waals surface area contributed by atoms with Crippen LogP contribution in [0.2, 0.25) is 0 Å². The fourth-order valence-electron chi connectivity index (χ4n) is 5.66. The lowest BCUT2D eigenvalue weighted by atomic mass is 9.64. The van der Waals surface area contributed by atoms with E-state index >= 15 is 0 Å². The fourth-order valence-corrected chi connectivity index (χ4v) is 10.1. The van der Waals surface area contributed by atoms with Crippen LogP contribution in [-0.4, -0.2) is 47.3 Å². The zero-order valence-electron chi connectivity index (χ0n) is 22.6. The maximum absolute atomic E-state index is 12.9. The molecule has 3 rings (SSSR count). The van der Waals surface area contributed by atoms with Crippen molar-refractivity contribution in [2.75, 3.05) is 35.0 Å². The molecule has 0 bridgehead atoms. The highest BCUT2D eigenvalue weighted by molar-refractivity contribution is 7.67. The van der Waals surface area contributed by atoms with Gasteiger partial charge in [0.25, 0.3) is 0 Å². The third kappa shape index (κ3) is 9.47. The average Bonchev–Trinajstić information content (AvgIpc) is 3.34. The summed E-state index contributed by atoms with van der Waals surface area (Å²) in [5.74, 6) is 2.21. The molecular formula is C23H45O11P3. The standard InChI is InChI=1S/C23H45O11P3/c1-27-35(24,28-2)33-37(26,30-4)34-36(25,29-3)31-18-22-14-15-23(32-22)21-16-20(17-21)19-12-10-8-6-5-7-9-11-13-19/h19-23H,5-18H2,1-4H3. The molecule has 14 heteroatoms. The minimum atomic E-state index is -4.68. The van der Waals surface area contributed by atoms with Crippen LogP contribution in [0.1, 0.15) is 83.5 Å². The Hall–Kier alpha value is 0.370. The lowest BCUT2D eigenvalue weighted by Gasteiger charge is -2.43. The van der Waals surface area contributed by atoms with Crippen LogP contribution in [-0.2, 0) is 49.7 Å². The van der Waals surface area contributed by atoms with Crippen molar-refractivity contribution in [2.24, 2.45) is 17.8 Å². The molecule has 0 aromatic rings. The summed E-state index contributed by atoms with van der Waals surface area (Å²) in [6.07, 6.45) is 16.3. The van der Waals surface area contributed by atoms with Crippen molar-refractivity contribution in [3.05, 3.63) is 0 Å². The number of hydrogen-bond donors (Lipinski definition) is 0. The molecule has 0 aromatic heterocycles. The Kier molecular flexibility index (Phi) is 12.8. The van der Waals surface area contributed by atoms with Gasteiger partial charge in [-0.1, -0.05) is 57.8 Å². The molecule has 4 unspecified atom stereocenters. The largest absolute Gasteiger partial charge is 0.492 e. The van der Waals surface area contributed by atoms with Gasteiger partial charge in [0.1, 0.15) is 0 Å². The molecule has 37 heavy (non-hydrogen) atoms. The molecule has 0 radical (unpaired) electrons. The highest BCUT2D eigenvalue weighted by Gasteiger charge is 2.47. The highest BCUT2D eigenvalue weighted by atomic mass is 31.3. The second kappa shape index (κ2) is 14.8. The van der Waals surface area contributed by atoms with Gasteiger partial charge in [-0.15, -0.1) is 0 Å². The first-order chi connectivity index (χ1) is 17.7. The summed E-state index contributed by atoms with van der Waals surface area (Å²) in [4.78, 5) is 0. The summed E-state index contributed by atoms with van der Waals surface area (Å²) in [7, 11) is -9.27. The molecule has 11 nitrogen and oxygen atoms in total. The SMILES string of the molecule is COP(=O)(OC)OP(=O)(OC)OP(=O)(OC)OCC1CCC(C2CC(C3CCCCCCCCC3)C2)O1. The van der Waals surface area contributed by atoms with Gasteiger partial charge in [-0.3, -0.25) is 22.6 Å². The van der Waals surface area contributed by atoms with Gasteiger partial charge < -0.3 is 4.74 Å². The van der Waals surface area contributed by atoms with Gasteiger partial charge >= 0.3 is 23.5 Å². The van der Waals surface area contributed by atoms with Gasteiger partial charge in [-0.05, 0) is 43.4 Å². The van der Waals surface area contributed by atoms with E-state index in [2.05, 4.69) is 13.6 Å². The first-order valence-corrected chi connectivity index (χ1v) is 17.8. The third-order valence-electron chi connectivity index (χ3n) is 7.91. The van der Waals surface area contributed by atoms with E-state index in [0.717, 1.165) is 53.1 Å². The third-order valence-corrected chi connectivity index (χ3v) is 13.4. The van der Waals surface area contributed by atoms with E-state index in [1.807, 2.05) is 0 Å². The van der Waals surface area contributed by atoms with Crippen LogP contribution in [0.4, 0.5) is 0 Å². The molecule has 218 valence electrons. The van der Waals surface area contributed by atoms with Crippen LogP contribution in [0, 0.1) is 17.8 Å². The monoisotopic (exact) mass is 590 g/mol. The zero-order chi connectivity index (χ0) is 26.9. The lowest BCUT2D eigenvalue weighted by Crippen LogP contribution is -2.37. The van der Waals surface area contributed by atoms with Gasteiger partial charge in [-0.2, -0.15) is 8.62 Å². The first kappa shape index (κ1) is 31.9. The van der Waals surface area contributed by atoms with Crippen molar-refractivity contribution in [1.82, 2.24) is 0 Å². The smallest absolute Gasteiger partial charge is 0.372 e. The molecule has 0 aromatic carbocycles. The number of hydrogen-bond acceptors (Lipinski definition) is 11.